The third kappa shape index (κ3) is 2.10. The molecule has 4 aromatic rings. The molecule has 0 amide bonds. The van der Waals surface area contributed by atoms with E-state index in [2.05, 4.69) is 20.3 Å². The number of nitrogens with zero attached hydrogens (tertiary/aromatic N) is 3. The summed E-state index contributed by atoms with van der Waals surface area (Å²) in [5.41, 5.74) is 3.26. The van der Waals surface area contributed by atoms with Crippen molar-refractivity contribution in [2.24, 2.45) is 0 Å². The maximum atomic E-state index is 12.2. The van der Waals surface area contributed by atoms with E-state index in [0.717, 1.165) is 11.3 Å². The maximum Gasteiger partial charge on any atom is 0.273 e. The van der Waals surface area contributed by atoms with Crippen molar-refractivity contribution in [2.45, 2.75) is 0 Å². The highest BCUT2D eigenvalue weighted by molar-refractivity contribution is 6.30. The number of H-pyrrole nitrogens is 2. The molecule has 0 aliphatic rings. The summed E-state index contributed by atoms with van der Waals surface area (Å²) < 4.78 is 1.40. The minimum atomic E-state index is -0.192. The lowest BCUT2D eigenvalue weighted by Gasteiger charge is -1.98. The predicted octanol–water partition coefficient (Wildman–Crippen LogP) is 2.73. The molecular formula is C15H10ClN5O. The van der Waals surface area contributed by atoms with E-state index in [-0.39, 0.29) is 5.56 Å². The fourth-order valence-electron chi connectivity index (χ4n) is 2.33. The summed E-state index contributed by atoms with van der Waals surface area (Å²) in [7, 11) is 0. The number of fused-ring (bicyclic) bond motifs is 1. The Morgan fingerprint density at radius 1 is 1.09 bits per heavy atom. The molecule has 0 atom stereocenters. The van der Waals surface area contributed by atoms with Crippen molar-refractivity contribution < 1.29 is 0 Å². The van der Waals surface area contributed by atoms with Gasteiger partial charge in [0.2, 0.25) is 0 Å². The van der Waals surface area contributed by atoms with Crippen molar-refractivity contribution >= 4 is 17.2 Å². The summed E-state index contributed by atoms with van der Waals surface area (Å²) in [6, 6.07) is 12.4. The predicted molar refractivity (Wildman–Crippen MR) is 83.8 cm³/mol. The van der Waals surface area contributed by atoms with Crippen LogP contribution in [-0.4, -0.2) is 24.8 Å². The van der Waals surface area contributed by atoms with Gasteiger partial charge in [0, 0.05) is 28.9 Å². The number of nitrogens with one attached hydrogen (secondary N) is 2. The zero-order valence-corrected chi connectivity index (χ0v) is 12.0. The second-order valence-corrected chi connectivity index (χ2v) is 5.26. The Labute approximate surface area is 129 Å². The van der Waals surface area contributed by atoms with Crippen LogP contribution in [0.3, 0.4) is 0 Å². The molecule has 0 spiro atoms. The lowest BCUT2D eigenvalue weighted by molar-refractivity contribution is 0.903. The number of aromatic amines is 2. The lowest BCUT2D eigenvalue weighted by Crippen LogP contribution is -2.14. The molecule has 0 saturated carbocycles. The van der Waals surface area contributed by atoms with E-state index in [1.54, 1.807) is 18.3 Å². The van der Waals surface area contributed by atoms with Gasteiger partial charge in [0.1, 0.15) is 0 Å². The highest BCUT2D eigenvalue weighted by Crippen LogP contribution is 2.22. The molecule has 4 rings (SSSR count). The van der Waals surface area contributed by atoms with E-state index in [1.165, 1.54) is 10.6 Å². The van der Waals surface area contributed by atoms with Crippen molar-refractivity contribution in [2.75, 3.05) is 0 Å². The van der Waals surface area contributed by atoms with Gasteiger partial charge in [-0.15, -0.1) is 0 Å². The fraction of sp³-hybridized carbons (Fsp3) is 0. The molecule has 0 radical (unpaired) electrons. The molecule has 108 valence electrons. The molecule has 0 saturated heterocycles. The smallest absolute Gasteiger partial charge is 0.273 e. The zero-order chi connectivity index (χ0) is 15.1. The Balaban J connectivity index is 1.91. The number of aromatic nitrogens is 5. The third-order valence-corrected chi connectivity index (χ3v) is 3.60. The third-order valence-electron chi connectivity index (χ3n) is 3.36. The quantitative estimate of drug-likeness (QED) is 0.597. The van der Waals surface area contributed by atoms with E-state index in [0.29, 0.717) is 22.1 Å². The van der Waals surface area contributed by atoms with Gasteiger partial charge in [-0.2, -0.15) is 5.10 Å². The van der Waals surface area contributed by atoms with Crippen LogP contribution in [0.15, 0.2) is 53.5 Å². The normalized spacial score (nSPS) is 11.1. The van der Waals surface area contributed by atoms with Gasteiger partial charge < -0.3 is 0 Å². The van der Waals surface area contributed by atoms with Crippen LogP contribution in [0.2, 0.25) is 5.02 Å². The number of hydrogen-bond donors (Lipinski definition) is 2. The highest BCUT2D eigenvalue weighted by Gasteiger charge is 2.10. The molecule has 0 fully saturated rings. The van der Waals surface area contributed by atoms with Crippen LogP contribution in [0.25, 0.3) is 28.3 Å². The molecule has 0 aliphatic heterocycles. The Morgan fingerprint density at radius 2 is 2.00 bits per heavy atom. The first-order valence-electron chi connectivity index (χ1n) is 6.59. The van der Waals surface area contributed by atoms with Gasteiger partial charge in [-0.1, -0.05) is 23.7 Å². The summed E-state index contributed by atoms with van der Waals surface area (Å²) in [6.07, 6.45) is 1.62. The molecule has 1 aromatic carbocycles. The molecule has 0 unspecified atom stereocenters. The minimum absolute atomic E-state index is 0.192. The van der Waals surface area contributed by atoms with Crippen molar-refractivity contribution in [3.8, 4) is 22.6 Å². The van der Waals surface area contributed by atoms with Gasteiger partial charge in [-0.3, -0.25) is 15.0 Å². The second kappa shape index (κ2) is 4.85. The minimum Gasteiger partial charge on any atom is -0.289 e. The SMILES string of the molecule is O=c1cc(-c2ccn[nH]2)nc2cc(-c3cccc(Cl)c3)[nH]n12. The molecule has 0 aliphatic carbocycles. The van der Waals surface area contributed by atoms with Crippen LogP contribution in [0.5, 0.6) is 0 Å². The Kier molecular flexibility index (Phi) is 2.83. The first kappa shape index (κ1) is 12.8. The number of rotatable bonds is 2. The molecule has 7 heteroatoms. The maximum absolute atomic E-state index is 12.2. The van der Waals surface area contributed by atoms with Crippen LogP contribution in [-0.2, 0) is 0 Å². The molecule has 3 heterocycles. The van der Waals surface area contributed by atoms with Crippen molar-refractivity contribution in [1.82, 2.24) is 24.8 Å². The molecule has 0 bridgehead atoms. The van der Waals surface area contributed by atoms with E-state index in [1.807, 2.05) is 24.3 Å². The first-order valence-corrected chi connectivity index (χ1v) is 6.97. The van der Waals surface area contributed by atoms with E-state index >= 15 is 0 Å². The van der Waals surface area contributed by atoms with Gasteiger partial charge in [-0.25, -0.2) is 9.50 Å². The van der Waals surface area contributed by atoms with Gasteiger partial charge in [0.15, 0.2) is 5.65 Å². The fourth-order valence-corrected chi connectivity index (χ4v) is 2.52. The van der Waals surface area contributed by atoms with Crippen LogP contribution in [0.4, 0.5) is 0 Å². The van der Waals surface area contributed by atoms with E-state index in [9.17, 15) is 4.79 Å². The Bertz CT molecular complexity index is 1020. The topological polar surface area (TPSA) is 78.8 Å². The van der Waals surface area contributed by atoms with Crippen LogP contribution < -0.4 is 5.56 Å². The summed E-state index contributed by atoms with van der Waals surface area (Å²) in [6.45, 7) is 0. The van der Waals surface area contributed by atoms with Crippen LogP contribution in [0.1, 0.15) is 0 Å². The molecule has 6 nitrogen and oxygen atoms in total. The lowest BCUT2D eigenvalue weighted by atomic mass is 10.1. The summed E-state index contributed by atoms with van der Waals surface area (Å²) in [4.78, 5) is 16.7. The van der Waals surface area contributed by atoms with Gasteiger partial charge in [0.05, 0.1) is 17.1 Å². The number of benzene rings is 1. The van der Waals surface area contributed by atoms with Gasteiger partial charge in [-0.05, 0) is 18.2 Å². The van der Waals surface area contributed by atoms with Gasteiger partial charge in [0.25, 0.3) is 5.56 Å². The Morgan fingerprint density at radius 3 is 2.77 bits per heavy atom. The summed E-state index contributed by atoms with van der Waals surface area (Å²) >= 11 is 6.01. The van der Waals surface area contributed by atoms with E-state index in [4.69, 9.17) is 11.6 Å². The number of halogens is 1. The Hall–Kier alpha value is -2.86. The molecule has 22 heavy (non-hydrogen) atoms. The largest absolute Gasteiger partial charge is 0.289 e. The number of hydrogen-bond acceptors (Lipinski definition) is 3. The average Bonchev–Trinajstić information content (AvgIpc) is 3.16. The van der Waals surface area contributed by atoms with Crippen molar-refractivity contribution in [1.29, 1.82) is 0 Å². The van der Waals surface area contributed by atoms with E-state index < -0.39 is 0 Å². The van der Waals surface area contributed by atoms with Gasteiger partial charge >= 0.3 is 0 Å². The average molecular weight is 312 g/mol. The highest BCUT2D eigenvalue weighted by atomic mass is 35.5. The van der Waals surface area contributed by atoms with Crippen LogP contribution >= 0.6 is 11.6 Å². The molecule has 2 N–H and O–H groups in total. The molecular weight excluding hydrogens is 302 g/mol. The summed E-state index contributed by atoms with van der Waals surface area (Å²) in [5, 5.41) is 10.3. The molecule has 3 aromatic heterocycles. The first-order chi connectivity index (χ1) is 10.7. The monoisotopic (exact) mass is 311 g/mol. The standard InChI is InChI=1S/C15H10ClN5O/c16-10-3-1-2-9(6-10)12-7-14-18-13(11-4-5-17-19-11)8-15(22)21(14)20-12/h1-8,20H,(H,17,19). The zero-order valence-electron chi connectivity index (χ0n) is 11.2. The van der Waals surface area contributed by atoms with Crippen molar-refractivity contribution in [3.63, 3.8) is 0 Å². The van der Waals surface area contributed by atoms with Crippen molar-refractivity contribution in [3.05, 3.63) is 64.0 Å². The van der Waals surface area contributed by atoms with Crippen LogP contribution in [0, 0.1) is 0 Å². The summed E-state index contributed by atoms with van der Waals surface area (Å²) in [5.74, 6) is 0. The second-order valence-electron chi connectivity index (χ2n) is 4.82.